The van der Waals surface area contributed by atoms with Crippen LogP contribution >= 0.6 is 0 Å². The van der Waals surface area contributed by atoms with Gasteiger partial charge in [-0.3, -0.25) is 0 Å². The second-order valence-electron chi connectivity index (χ2n) is 4.38. The predicted octanol–water partition coefficient (Wildman–Crippen LogP) is 3.81. The van der Waals surface area contributed by atoms with Gasteiger partial charge >= 0.3 is 0 Å². The molecule has 3 rings (SSSR count). The van der Waals surface area contributed by atoms with E-state index in [1.807, 2.05) is 0 Å². The van der Waals surface area contributed by atoms with Crippen molar-refractivity contribution in [1.29, 1.82) is 5.26 Å². The number of hydrogen-bond donors (Lipinski definition) is 0. The topological polar surface area (TPSA) is 36.3 Å². The Morgan fingerprint density at radius 2 is 2.21 bits per heavy atom. The van der Waals surface area contributed by atoms with E-state index < -0.39 is 121 Å². The van der Waals surface area contributed by atoms with Gasteiger partial charge in [0.05, 0.1) is 30.5 Å². The average molecular weight is 346 g/mol. The van der Waals surface area contributed by atoms with Crippen molar-refractivity contribution in [3.8, 4) is 6.07 Å². The molecule has 1 atom stereocenters. The first-order valence-electron chi connectivity index (χ1n) is 16.7. The Morgan fingerprint density at radius 3 is 2.92 bits per heavy atom. The highest BCUT2D eigenvalue weighted by atomic mass is 19.1. The molecule has 0 aliphatic carbocycles. The lowest BCUT2D eigenvalue weighted by molar-refractivity contribution is -0.0140. The first kappa shape index (κ1) is 4.69. The molecule has 1 aliphatic rings. The molecule has 0 unspecified atom stereocenters. The zero-order chi connectivity index (χ0) is 35.4. The minimum atomic E-state index is -4.61. The summed E-state index contributed by atoms with van der Waals surface area (Å²) in [5.41, 5.74) is -9.24. The van der Waals surface area contributed by atoms with Crippen molar-refractivity contribution >= 4 is 0 Å². The first-order chi connectivity index (χ1) is 19.9. The van der Waals surface area contributed by atoms with Gasteiger partial charge in [-0.1, -0.05) is 18.1 Å². The fourth-order valence-corrected chi connectivity index (χ4v) is 1.95. The molecule has 0 aromatic heterocycles. The molecule has 0 saturated heterocycles. The van der Waals surface area contributed by atoms with Gasteiger partial charge in [0.15, 0.2) is 0 Å². The Morgan fingerprint density at radius 1 is 1.42 bits per heavy atom. The summed E-state index contributed by atoms with van der Waals surface area (Å²) in [6, 6.07) is -8.78. The lowest BCUT2D eigenvalue weighted by Gasteiger charge is -2.31. The summed E-state index contributed by atoms with van der Waals surface area (Å²) in [7, 11) is 0. The lowest BCUT2D eigenvalue weighted by Crippen LogP contribution is -2.28. The number of benzene rings is 2. The Bertz CT molecular complexity index is 1580. The van der Waals surface area contributed by atoms with Crippen LogP contribution < -0.4 is 0 Å². The van der Waals surface area contributed by atoms with Gasteiger partial charge in [0.25, 0.3) is 0 Å². The average Bonchev–Trinajstić information content (AvgIpc) is 3.11. The third-order valence-corrected chi connectivity index (χ3v) is 2.94. The Balaban J connectivity index is 2.75. The Hall–Kier alpha value is -2.22. The van der Waals surface area contributed by atoms with Crippen LogP contribution in [0.4, 0.5) is 4.39 Å². The number of ether oxygens (including phenoxy) is 1. The fourth-order valence-electron chi connectivity index (χ4n) is 1.95. The minimum Gasteiger partial charge on any atom is -0.361 e. The molecule has 0 radical (unpaired) electrons. The molecule has 2 aromatic carbocycles. The summed E-state index contributed by atoms with van der Waals surface area (Å²) in [6.07, 6.45) is -9.15. The van der Waals surface area contributed by atoms with E-state index in [0.717, 1.165) is 0 Å². The van der Waals surface area contributed by atoms with Crippen molar-refractivity contribution in [2.75, 3.05) is 20.4 Å². The van der Waals surface area contributed by atoms with E-state index in [4.69, 9.17) is 33.5 Å². The monoisotopic (exact) mass is 345 g/mol. The van der Waals surface area contributed by atoms with Gasteiger partial charge in [-0.05, 0) is 74.1 Å². The summed E-state index contributed by atoms with van der Waals surface area (Å²) in [4.78, 5) is -0.991. The van der Waals surface area contributed by atoms with E-state index in [2.05, 4.69) is 0 Å². The van der Waals surface area contributed by atoms with Crippen molar-refractivity contribution < 1.29 is 37.9 Å². The predicted molar refractivity (Wildman–Crippen MR) is 90.9 cm³/mol. The highest BCUT2D eigenvalue weighted by Crippen LogP contribution is 2.45. The van der Waals surface area contributed by atoms with Crippen LogP contribution in [0.25, 0.3) is 0 Å². The van der Waals surface area contributed by atoms with Crippen LogP contribution in [0.3, 0.4) is 0 Å². The van der Waals surface area contributed by atoms with Gasteiger partial charge < -0.3 is 9.64 Å². The molecule has 0 bridgehead atoms. The maximum absolute atomic E-state index is 14.7. The molecule has 24 heavy (non-hydrogen) atoms. The number of fused-ring (bicyclic) bond motifs is 1. The van der Waals surface area contributed by atoms with Crippen LogP contribution in [-0.4, -0.2) is 25.3 Å². The molecule has 2 aromatic rings. The third kappa shape index (κ3) is 3.06. The van der Waals surface area contributed by atoms with Crippen molar-refractivity contribution in [2.24, 2.45) is 0 Å². The van der Waals surface area contributed by atoms with Crippen LogP contribution in [0, 0.1) is 17.1 Å². The van der Waals surface area contributed by atoms with E-state index in [1.165, 1.54) is 6.07 Å². The highest BCUT2D eigenvalue weighted by molar-refractivity contribution is 5.47. The molecule has 124 valence electrons. The van der Waals surface area contributed by atoms with Crippen molar-refractivity contribution in [3.05, 3.63) is 70.4 Å². The molecule has 0 N–H and O–H groups in total. The molecule has 3 nitrogen and oxygen atoms in total. The lowest BCUT2D eigenvalue weighted by atomic mass is 9.81. The maximum atomic E-state index is 14.7. The second kappa shape index (κ2) is 6.72. The smallest absolute Gasteiger partial charge is 0.123 e. The molecule has 4 heteroatoms. The number of rotatable bonds is 5. The standard InChI is InChI=1S/C20H21FN2O/c1-23(2)11-3-10-20(17-5-7-18(21)8-6-17)19-9-4-15(13-22)12-16(19)14-24-20/h4-9,12H,3,10-11,14H2,1-2H3/t20-/m0/s1/i1D3,2D3,3D2,4D,5D,6D,7D,8D,9D,10D2,11D2,12D,14D2. The Labute approximate surface area is 171 Å². The number of nitriles is 1. The van der Waals surface area contributed by atoms with Crippen molar-refractivity contribution in [1.82, 2.24) is 4.90 Å². The summed E-state index contributed by atoms with van der Waals surface area (Å²) in [5.74, 6) is -1.84. The molecule has 0 spiro atoms. The number of nitrogens with zero attached hydrogens (tertiary/aromatic N) is 2. The quantitative estimate of drug-likeness (QED) is 0.827. The molecule has 0 fully saturated rings. The minimum absolute atomic E-state index is 0.976. The highest BCUT2D eigenvalue weighted by Gasteiger charge is 2.41. The van der Waals surface area contributed by atoms with Crippen LogP contribution in [0.1, 0.15) is 63.8 Å². The summed E-state index contributed by atoms with van der Waals surface area (Å²) < 4.78 is 192. The van der Waals surface area contributed by atoms with Gasteiger partial charge in [0.2, 0.25) is 0 Å². The van der Waals surface area contributed by atoms with Gasteiger partial charge in [0, 0.05) is 16.4 Å². The SMILES string of the molecule is [2H]c1c([2H])c([C@]2(C([2H])([2H])C([2H])([2H])C([2H])([2H])N(C([2H])([2H])[2H])C([2H])([2H])[2H])OC([2H])([2H])c3c([2H])c(C#N)c([2H])c([2H])c32)c([2H])c([2H])c1F. The molecule has 1 heterocycles. The van der Waals surface area contributed by atoms with E-state index >= 15 is 0 Å². The summed E-state index contributed by atoms with van der Waals surface area (Å²) in [6.45, 7) is -16.2. The van der Waals surface area contributed by atoms with E-state index in [9.17, 15) is 9.65 Å². The van der Waals surface area contributed by atoms with Crippen LogP contribution in [0.15, 0.2) is 42.3 Å². The summed E-state index contributed by atoms with van der Waals surface area (Å²) >= 11 is 0. The van der Waals surface area contributed by atoms with Crippen LogP contribution in [0.2, 0.25) is 0 Å². The second-order valence-corrected chi connectivity index (χ2v) is 4.38. The van der Waals surface area contributed by atoms with Crippen molar-refractivity contribution in [3.63, 3.8) is 0 Å². The van der Waals surface area contributed by atoms with Gasteiger partial charge in [-0.15, -0.1) is 0 Å². The zero-order valence-electron chi connectivity index (χ0n) is 32.7. The number of hydrogen-bond acceptors (Lipinski definition) is 3. The largest absolute Gasteiger partial charge is 0.361 e. The molecule has 1 aliphatic heterocycles. The molecule has 0 saturated carbocycles. The van der Waals surface area contributed by atoms with Crippen LogP contribution in [0.5, 0.6) is 0 Å². The van der Waals surface area contributed by atoms with E-state index in [1.54, 1.807) is 0 Å². The van der Waals surface area contributed by atoms with Crippen LogP contribution in [-0.2, 0) is 16.9 Å². The first-order valence-corrected chi connectivity index (χ1v) is 6.24. The van der Waals surface area contributed by atoms with Crippen molar-refractivity contribution in [2.45, 2.75) is 24.9 Å². The van der Waals surface area contributed by atoms with E-state index in [-0.39, 0.29) is 0 Å². The fraction of sp³-hybridized carbons (Fsp3) is 0.350. The maximum Gasteiger partial charge on any atom is 0.123 e. The Kier molecular flexibility index (Phi) is 1.31. The molecular formula is C20H21FN2O. The number of halogens is 1. The molecule has 0 amide bonds. The zero-order valence-corrected chi connectivity index (χ0v) is 11.7. The summed E-state index contributed by atoms with van der Waals surface area (Å²) in [5, 5.41) is 9.49. The third-order valence-electron chi connectivity index (χ3n) is 2.94. The molecular weight excluding hydrogens is 303 g/mol. The van der Waals surface area contributed by atoms with E-state index in [0.29, 0.717) is 0 Å². The van der Waals surface area contributed by atoms with Gasteiger partial charge in [0.1, 0.15) is 11.4 Å². The van der Waals surface area contributed by atoms with Gasteiger partial charge in [-0.25, -0.2) is 4.39 Å². The van der Waals surface area contributed by atoms with Gasteiger partial charge in [-0.2, -0.15) is 5.26 Å². The normalized spacial score (nSPS) is 37.0.